The van der Waals surface area contributed by atoms with Crippen LogP contribution in [-0.4, -0.2) is 20.7 Å². The minimum Gasteiger partial charge on any atom is -0.365 e. The first-order chi connectivity index (χ1) is 10.5. The largest absolute Gasteiger partial charge is 0.365 e. The number of hydrogen-bond donors (Lipinski definition) is 1. The summed E-state index contributed by atoms with van der Waals surface area (Å²) >= 11 is 6.23. The lowest BCUT2D eigenvalue weighted by Crippen LogP contribution is -2.08. The molecule has 0 saturated heterocycles. The van der Waals surface area contributed by atoms with Crippen LogP contribution < -0.4 is 5.32 Å². The van der Waals surface area contributed by atoms with Gasteiger partial charge in [-0.2, -0.15) is 0 Å². The van der Waals surface area contributed by atoms with E-state index in [0.717, 1.165) is 0 Å². The summed E-state index contributed by atoms with van der Waals surface area (Å²) in [6.45, 7) is 2.26. The van der Waals surface area contributed by atoms with Crippen molar-refractivity contribution in [3.05, 3.63) is 58.1 Å². The van der Waals surface area contributed by atoms with Crippen molar-refractivity contribution in [1.29, 1.82) is 0 Å². The number of nitrogens with one attached hydrogen (secondary N) is 1. The number of aromatic nitrogens is 1. The fourth-order valence-corrected chi connectivity index (χ4v) is 3.24. The Balaban J connectivity index is 2.34. The summed E-state index contributed by atoms with van der Waals surface area (Å²) in [5.41, 5.74) is 0.543. The lowest BCUT2D eigenvalue weighted by molar-refractivity contribution is -0.384. The third-order valence-corrected chi connectivity index (χ3v) is 4.87. The van der Waals surface area contributed by atoms with E-state index in [2.05, 4.69) is 10.3 Å². The van der Waals surface area contributed by atoms with E-state index in [1.54, 1.807) is 31.2 Å². The lowest BCUT2D eigenvalue weighted by atomic mass is 10.2. The second-order valence-electron chi connectivity index (χ2n) is 4.33. The summed E-state index contributed by atoms with van der Waals surface area (Å²) in [6, 6.07) is 11.6. The Morgan fingerprint density at radius 3 is 2.59 bits per heavy atom. The molecule has 0 aliphatic heterocycles. The van der Waals surface area contributed by atoms with Gasteiger partial charge in [0.15, 0.2) is 0 Å². The van der Waals surface area contributed by atoms with Gasteiger partial charge in [-0.15, -0.1) is 11.6 Å². The average Bonchev–Trinajstić information content (AvgIpc) is 2.54. The number of rotatable bonds is 6. The summed E-state index contributed by atoms with van der Waals surface area (Å²) in [6.07, 6.45) is 0. The van der Waals surface area contributed by atoms with Crippen LogP contribution in [0, 0.1) is 10.1 Å². The van der Waals surface area contributed by atoms with E-state index >= 15 is 0 Å². The van der Waals surface area contributed by atoms with Crippen molar-refractivity contribution < 1.29 is 9.13 Å². The summed E-state index contributed by atoms with van der Waals surface area (Å²) in [5, 5.41) is 14.0. The standard InChI is InChI=1S/C14H14ClN3O3S/c1-2-16-14-11(18(19)20)8-9-12(17-14)22(21)13(15)10-6-4-3-5-7-10/h3-9,13H,2H2,1H3,(H,16,17). The van der Waals surface area contributed by atoms with Gasteiger partial charge >= 0.3 is 5.69 Å². The number of alkyl halides is 1. The smallest absolute Gasteiger partial charge is 0.311 e. The molecular formula is C14H14ClN3O3S. The van der Waals surface area contributed by atoms with Gasteiger partial charge in [-0.3, -0.25) is 14.3 Å². The fraction of sp³-hybridized carbons (Fsp3) is 0.214. The maximum absolute atomic E-state index is 12.5. The van der Waals surface area contributed by atoms with Crippen molar-refractivity contribution >= 4 is 33.9 Å². The predicted molar refractivity (Wildman–Crippen MR) is 86.5 cm³/mol. The molecule has 0 amide bonds. The van der Waals surface area contributed by atoms with Crippen LogP contribution in [-0.2, 0) is 10.8 Å². The zero-order chi connectivity index (χ0) is 16.1. The van der Waals surface area contributed by atoms with Crippen LogP contribution >= 0.6 is 11.6 Å². The van der Waals surface area contributed by atoms with Gasteiger partial charge in [0.25, 0.3) is 0 Å². The molecule has 2 rings (SSSR count). The molecule has 0 spiro atoms. The van der Waals surface area contributed by atoms with Crippen LogP contribution in [0.5, 0.6) is 0 Å². The van der Waals surface area contributed by atoms with Crippen molar-refractivity contribution in [3.63, 3.8) is 0 Å². The SMILES string of the molecule is CCNc1nc(S(=O)C(Cl)c2ccccc2)ccc1[N+](=O)[O-]. The molecule has 6 nitrogen and oxygen atoms in total. The minimum absolute atomic E-state index is 0.0929. The number of benzene rings is 1. The molecule has 2 atom stereocenters. The molecule has 1 aromatic heterocycles. The molecule has 1 aromatic carbocycles. The fourth-order valence-electron chi connectivity index (χ4n) is 1.82. The number of nitrogens with zero attached hydrogens (tertiary/aromatic N) is 2. The molecule has 22 heavy (non-hydrogen) atoms. The van der Waals surface area contributed by atoms with E-state index in [-0.39, 0.29) is 16.5 Å². The topological polar surface area (TPSA) is 85.1 Å². The molecule has 116 valence electrons. The Labute approximate surface area is 135 Å². The Bertz CT molecular complexity index is 697. The quantitative estimate of drug-likeness (QED) is 0.495. The second-order valence-corrected chi connectivity index (χ2v) is 6.51. The molecule has 0 aliphatic carbocycles. The molecule has 1 N–H and O–H groups in total. The third kappa shape index (κ3) is 3.61. The van der Waals surface area contributed by atoms with Gasteiger partial charge in [-0.25, -0.2) is 4.98 Å². The third-order valence-electron chi connectivity index (χ3n) is 2.85. The van der Waals surface area contributed by atoms with Gasteiger partial charge in [-0.05, 0) is 18.6 Å². The summed E-state index contributed by atoms with van der Waals surface area (Å²) < 4.78 is 11.7. The monoisotopic (exact) mass is 339 g/mol. The van der Waals surface area contributed by atoms with E-state index in [1.807, 2.05) is 6.07 Å². The van der Waals surface area contributed by atoms with Gasteiger partial charge in [-0.1, -0.05) is 30.3 Å². The number of hydrogen-bond acceptors (Lipinski definition) is 5. The van der Waals surface area contributed by atoms with Crippen LogP contribution in [0.15, 0.2) is 47.5 Å². The predicted octanol–water partition coefficient (Wildman–Crippen LogP) is 3.47. The lowest BCUT2D eigenvalue weighted by Gasteiger charge is -2.11. The Morgan fingerprint density at radius 2 is 2.00 bits per heavy atom. The first kappa shape index (κ1) is 16.4. The van der Waals surface area contributed by atoms with Crippen LogP contribution in [0.25, 0.3) is 0 Å². The van der Waals surface area contributed by atoms with Crippen molar-refractivity contribution in [1.82, 2.24) is 4.98 Å². The van der Waals surface area contributed by atoms with Crippen LogP contribution in [0.4, 0.5) is 11.5 Å². The minimum atomic E-state index is -1.62. The molecule has 0 fully saturated rings. The summed E-state index contributed by atoms with van der Waals surface area (Å²) in [5.74, 6) is 0.0929. The van der Waals surface area contributed by atoms with E-state index in [4.69, 9.17) is 11.6 Å². The van der Waals surface area contributed by atoms with Gasteiger partial charge in [0.2, 0.25) is 5.82 Å². The average molecular weight is 340 g/mol. The molecule has 2 unspecified atom stereocenters. The Kier molecular flexibility index (Phi) is 5.46. The maximum Gasteiger partial charge on any atom is 0.311 e. The molecule has 0 bridgehead atoms. The van der Waals surface area contributed by atoms with Crippen molar-refractivity contribution in [2.24, 2.45) is 0 Å². The number of nitro groups is 1. The van der Waals surface area contributed by atoms with Gasteiger partial charge < -0.3 is 5.32 Å². The van der Waals surface area contributed by atoms with E-state index in [1.165, 1.54) is 12.1 Å². The molecule has 0 saturated carbocycles. The van der Waals surface area contributed by atoms with E-state index < -0.39 is 20.4 Å². The second kappa shape index (κ2) is 7.33. The van der Waals surface area contributed by atoms with Crippen molar-refractivity contribution in [2.45, 2.75) is 16.7 Å². The van der Waals surface area contributed by atoms with E-state index in [0.29, 0.717) is 12.1 Å². The van der Waals surface area contributed by atoms with Crippen LogP contribution in [0.2, 0.25) is 0 Å². The van der Waals surface area contributed by atoms with Gasteiger partial charge in [0.05, 0.1) is 15.7 Å². The highest BCUT2D eigenvalue weighted by Gasteiger charge is 2.22. The zero-order valence-electron chi connectivity index (χ0n) is 11.7. The first-order valence-electron chi connectivity index (χ1n) is 6.53. The van der Waals surface area contributed by atoms with Gasteiger partial charge in [0, 0.05) is 12.6 Å². The number of anilines is 1. The normalized spacial score (nSPS) is 13.4. The highest BCUT2D eigenvalue weighted by molar-refractivity contribution is 7.86. The molecule has 2 aromatic rings. The van der Waals surface area contributed by atoms with Crippen LogP contribution in [0.3, 0.4) is 0 Å². The Hall–Kier alpha value is -1.99. The summed E-state index contributed by atoms with van der Waals surface area (Å²) in [7, 11) is -1.62. The first-order valence-corrected chi connectivity index (χ1v) is 8.18. The van der Waals surface area contributed by atoms with Crippen molar-refractivity contribution in [2.75, 3.05) is 11.9 Å². The summed E-state index contributed by atoms with van der Waals surface area (Å²) in [4.78, 5) is 14.5. The molecule has 8 heteroatoms. The highest BCUT2D eigenvalue weighted by Crippen LogP contribution is 2.30. The number of pyridine rings is 1. The highest BCUT2D eigenvalue weighted by atomic mass is 35.5. The molecule has 0 aliphatic rings. The van der Waals surface area contributed by atoms with Crippen LogP contribution in [0.1, 0.15) is 17.2 Å². The maximum atomic E-state index is 12.5. The number of halogens is 1. The molecule has 0 radical (unpaired) electrons. The van der Waals surface area contributed by atoms with Gasteiger partial charge in [0.1, 0.15) is 9.74 Å². The molecule has 1 heterocycles. The van der Waals surface area contributed by atoms with E-state index in [9.17, 15) is 14.3 Å². The van der Waals surface area contributed by atoms with Crippen molar-refractivity contribution in [3.8, 4) is 0 Å². The zero-order valence-corrected chi connectivity index (χ0v) is 13.3. The molecular weight excluding hydrogens is 326 g/mol. The Morgan fingerprint density at radius 1 is 1.32 bits per heavy atom.